The molecule has 0 aliphatic heterocycles. The minimum atomic E-state index is -0.295. The summed E-state index contributed by atoms with van der Waals surface area (Å²) in [5, 5.41) is 0.667. The molecule has 0 saturated heterocycles. The van der Waals surface area contributed by atoms with E-state index < -0.39 is 0 Å². The second kappa shape index (κ2) is 6.92. The van der Waals surface area contributed by atoms with Crippen LogP contribution >= 0.6 is 11.6 Å². The van der Waals surface area contributed by atoms with Crippen LogP contribution in [0.2, 0.25) is 5.02 Å². The summed E-state index contributed by atoms with van der Waals surface area (Å²) in [5.74, 6) is 0.364. The van der Waals surface area contributed by atoms with Crippen LogP contribution in [0.25, 0.3) is 0 Å². The van der Waals surface area contributed by atoms with E-state index in [4.69, 9.17) is 22.1 Å². The lowest BCUT2D eigenvalue weighted by Crippen LogP contribution is -2.31. The fourth-order valence-corrected chi connectivity index (χ4v) is 2.28. The fourth-order valence-electron chi connectivity index (χ4n) is 2.15. The molecule has 0 saturated carbocycles. The third kappa shape index (κ3) is 3.96. The molecule has 2 rings (SSSR count). The summed E-state index contributed by atoms with van der Waals surface area (Å²) >= 11 is 5.92. The van der Waals surface area contributed by atoms with Gasteiger partial charge in [-0.2, -0.15) is 0 Å². The van der Waals surface area contributed by atoms with Gasteiger partial charge in [0.25, 0.3) is 0 Å². The summed E-state index contributed by atoms with van der Waals surface area (Å²) in [7, 11) is 0. The highest BCUT2D eigenvalue weighted by Gasteiger charge is 2.21. The summed E-state index contributed by atoms with van der Waals surface area (Å²) in [4.78, 5) is 0. The molecule has 0 aromatic heterocycles. The van der Waals surface area contributed by atoms with Crippen molar-refractivity contribution < 1.29 is 9.13 Å². The average molecular weight is 308 g/mol. The van der Waals surface area contributed by atoms with Gasteiger partial charge in [0.1, 0.15) is 17.7 Å². The Bertz CT molecular complexity index is 600. The monoisotopic (exact) mass is 307 g/mol. The van der Waals surface area contributed by atoms with Gasteiger partial charge in [-0.15, -0.1) is 0 Å². The molecule has 0 heterocycles. The third-order valence-corrected chi connectivity index (χ3v) is 3.70. The number of rotatable bonds is 5. The topological polar surface area (TPSA) is 35.2 Å². The standard InChI is InChI=1S/C17H19ClFNO/c1-3-15(20)17(12-4-6-13(18)7-5-12)21-16-9-8-14(19)10-11(16)2/h4-10,15,17H,3,20H2,1-2H3. The van der Waals surface area contributed by atoms with Crippen molar-refractivity contribution in [2.45, 2.75) is 32.4 Å². The predicted octanol–water partition coefficient (Wildman–Crippen LogP) is 4.64. The van der Waals surface area contributed by atoms with Gasteiger partial charge in [-0.05, 0) is 54.8 Å². The first kappa shape index (κ1) is 15.8. The molecule has 21 heavy (non-hydrogen) atoms. The summed E-state index contributed by atoms with van der Waals surface area (Å²) < 4.78 is 19.2. The molecule has 2 aromatic rings. The molecule has 112 valence electrons. The Hall–Kier alpha value is -1.58. The van der Waals surface area contributed by atoms with E-state index in [0.29, 0.717) is 10.8 Å². The zero-order valence-electron chi connectivity index (χ0n) is 12.1. The molecular formula is C17H19ClFNO. The van der Waals surface area contributed by atoms with Crippen molar-refractivity contribution in [3.05, 3.63) is 64.4 Å². The molecule has 2 unspecified atom stereocenters. The Morgan fingerprint density at radius 2 is 1.86 bits per heavy atom. The zero-order chi connectivity index (χ0) is 15.4. The SMILES string of the molecule is CCC(N)C(Oc1ccc(F)cc1C)c1ccc(Cl)cc1. The van der Waals surface area contributed by atoms with E-state index in [9.17, 15) is 4.39 Å². The molecule has 0 amide bonds. The molecule has 0 aliphatic carbocycles. The maximum atomic E-state index is 13.2. The first-order valence-corrected chi connectivity index (χ1v) is 7.33. The second-order valence-corrected chi connectivity index (χ2v) is 5.51. The number of aryl methyl sites for hydroxylation is 1. The summed E-state index contributed by atoms with van der Waals surface area (Å²) in [6.45, 7) is 3.82. The van der Waals surface area contributed by atoms with Crippen LogP contribution in [-0.2, 0) is 0 Å². The van der Waals surface area contributed by atoms with Gasteiger partial charge in [0.2, 0.25) is 0 Å². The molecule has 0 spiro atoms. The van der Waals surface area contributed by atoms with E-state index in [1.54, 1.807) is 6.07 Å². The third-order valence-electron chi connectivity index (χ3n) is 3.45. The van der Waals surface area contributed by atoms with Crippen LogP contribution in [0.3, 0.4) is 0 Å². The van der Waals surface area contributed by atoms with Crippen molar-refractivity contribution >= 4 is 11.6 Å². The number of halogens is 2. The predicted molar refractivity (Wildman–Crippen MR) is 84.2 cm³/mol. The number of benzene rings is 2. The lowest BCUT2D eigenvalue weighted by Gasteiger charge is -2.25. The molecule has 2 atom stereocenters. The van der Waals surface area contributed by atoms with Crippen LogP contribution in [0.5, 0.6) is 5.75 Å². The lowest BCUT2D eigenvalue weighted by atomic mass is 10.0. The average Bonchev–Trinajstić information content (AvgIpc) is 2.47. The molecule has 0 fully saturated rings. The highest BCUT2D eigenvalue weighted by atomic mass is 35.5. The van der Waals surface area contributed by atoms with E-state index >= 15 is 0 Å². The van der Waals surface area contributed by atoms with Gasteiger partial charge in [-0.3, -0.25) is 0 Å². The molecule has 0 aliphatic rings. The molecule has 0 radical (unpaired) electrons. The first-order chi connectivity index (χ1) is 10.0. The smallest absolute Gasteiger partial charge is 0.139 e. The highest BCUT2D eigenvalue weighted by molar-refractivity contribution is 6.30. The summed E-state index contributed by atoms with van der Waals surface area (Å²) in [5.41, 5.74) is 7.89. The molecular weight excluding hydrogens is 289 g/mol. The fraction of sp³-hybridized carbons (Fsp3) is 0.294. The minimum absolute atomic E-state index is 0.157. The van der Waals surface area contributed by atoms with Crippen molar-refractivity contribution in [2.75, 3.05) is 0 Å². The zero-order valence-corrected chi connectivity index (χ0v) is 12.9. The van der Waals surface area contributed by atoms with Crippen LogP contribution in [-0.4, -0.2) is 6.04 Å². The van der Waals surface area contributed by atoms with Gasteiger partial charge >= 0.3 is 0 Å². The van der Waals surface area contributed by atoms with Crippen molar-refractivity contribution in [3.63, 3.8) is 0 Å². The van der Waals surface area contributed by atoms with Gasteiger partial charge in [-0.25, -0.2) is 4.39 Å². The van der Waals surface area contributed by atoms with Crippen molar-refractivity contribution in [2.24, 2.45) is 5.73 Å². The van der Waals surface area contributed by atoms with Crippen LogP contribution < -0.4 is 10.5 Å². The Morgan fingerprint density at radius 1 is 1.19 bits per heavy atom. The minimum Gasteiger partial charge on any atom is -0.484 e. The van der Waals surface area contributed by atoms with Gasteiger partial charge < -0.3 is 10.5 Å². The molecule has 2 nitrogen and oxygen atoms in total. The van der Waals surface area contributed by atoms with Gasteiger partial charge in [0, 0.05) is 11.1 Å². The van der Waals surface area contributed by atoms with E-state index in [1.165, 1.54) is 12.1 Å². The Labute approximate surface area is 129 Å². The van der Waals surface area contributed by atoms with Crippen molar-refractivity contribution in [1.29, 1.82) is 0 Å². The van der Waals surface area contributed by atoms with Gasteiger partial charge in [0.05, 0.1) is 0 Å². The largest absolute Gasteiger partial charge is 0.484 e. The molecule has 0 bridgehead atoms. The first-order valence-electron chi connectivity index (χ1n) is 6.95. The van der Waals surface area contributed by atoms with E-state index in [1.807, 2.05) is 38.1 Å². The van der Waals surface area contributed by atoms with Crippen LogP contribution in [0.15, 0.2) is 42.5 Å². The van der Waals surface area contributed by atoms with Crippen LogP contribution in [0.4, 0.5) is 4.39 Å². The Kier molecular flexibility index (Phi) is 5.21. The van der Waals surface area contributed by atoms with Crippen molar-refractivity contribution in [3.8, 4) is 5.75 Å². The molecule has 2 aromatic carbocycles. The van der Waals surface area contributed by atoms with E-state index in [0.717, 1.165) is 17.5 Å². The Balaban J connectivity index is 2.30. The highest BCUT2D eigenvalue weighted by Crippen LogP contribution is 2.29. The maximum absolute atomic E-state index is 13.2. The normalized spacial score (nSPS) is 13.8. The van der Waals surface area contributed by atoms with E-state index in [-0.39, 0.29) is 18.0 Å². The maximum Gasteiger partial charge on any atom is 0.139 e. The molecule has 4 heteroatoms. The van der Waals surface area contributed by atoms with Gasteiger partial charge in [0.15, 0.2) is 0 Å². The van der Waals surface area contributed by atoms with Gasteiger partial charge in [-0.1, -0.05) is 30.7 Å². The van der Waals surface area contributed by atoms with Crippen LogP contribution in [0.1, 0.15) is 30.6 Å². The summed E-state index contributed by atoms with van der Waals surface area (Å²) in [6, 6.07) is 11.7. The second-order valence-electron chi connectivity index (χ2n) is 5.07. The molecule has 2 N–H and O–H groups in total. The number of ether oxygens (including phenoxy) is 1. The lowest BCUT2D eigenvalue weighted by molar-refractivity contribution is 0.169. The van der Waals surface area contributed by atoms with E-state index in [2.05, 4.69) is 0 Å². The number of hydrogen-bond acceptors (Lipinski definition) is 2. The van der Waals surface area contributed by atoms with Crippen molar-refractivity contribution in [1.82, 2.24) is 0 Å². The number of hydrogen-bond donors (Lipinski definition) is 1. The summed E-state index contributed by atoms with van der Waals surface area (Å²) in [6.07, 6.45) is 0.476. The quantitative estimate of drug-likeness (QED) is 0.873. The number of nitrogens with two attached hydrogens (primary N) is 1. The Morgan fingerprint density at radius 3 is 2.43 bits per heavy atom. The van der Waals surface area contributed by atoms with Crippen LogP contribution in [0, 0.1) is 12.7 Å².